The minimum Gasteiger partial charge on any atom is -0.496 e. The van der Waals surface area contributed by atoms with Crippen LogP contribution in [0.2, 0.25) is 0 Å². The lowest BCUT2D eigenvalue weighted by atomic mass is 9.98. The Hall–Kier alpha value is -2.79. The van der Waals surface area contributed by atoms with Gasteiger partial charge in [-0.15, -0.1) is 0 Å². The highest BCUT2D eigenvalue weighted by Crippen LogP contribution is 2.34. The molecule has 1 aliphatic heterocycles. The standard InChI is InChI=1S/C24H27NO4/c1-5-19-15(2)20-12-18-13-25(11-10-17-8-6-7-9-21(17)27-4)14-28-22(18)16(3)23(20)29-24(19)26/h6-9,12H,5,10-11,13-14H2,1-4H3/p+1. The van der Waals surface area contributed by atoms with Gasteiger partial charge in [-0.25, -0.2) is 4.79 Å². The number of aryl methyl sites for hydroxylation is 2. The van der Waals surface area contributed by atoms with Gasteiger partial charge in [-0.2, -0.15) is 0 Å². The van der Waals surface area contributed by atoms with Crippen molar-refractivity contribution >= 4 is 11.0 Å². The summed E-state index contributed by atoms with van der Waals surface area (Å²) in [6.07, 6.45) is 1.60. The lowest BCUT2D eigenvalue weighted by Crippen LogP contribution is -3.12. The molecule has 0 fully saturated rings. The molecule has 3 aromatic rings. The maximum Gasteiger partial charge on any atom is 0.339 e. The number of hydrogen-bond donors (Lipinski definition) is 1. The molecule has 5 heteroatoms. The van der Waals surface area contributed by atoms with Gasteiger partial charge in [0, 0.05) is 28.5 Å². The monoisotopic (exact) mass is 394 g/mol. The molecular formula is C24H28NO4+. The summed E-state index contributed by atoms with van der Waals surface area (Å²) in [6, 6.07) is 10.3. The minimum atomic E-state index is -0.236. The number of benzene rings is 2. The first-order valence-electron chi connectivity index (χ1n) is 10.2. The van der Waals surface area contributed by atoms with Gasteiger partial charge >= 0.3 is 5.63 Å². The third-order valence-electron chi connectivity index (χ3n) is 5.99. The predicted octanol–water partition coefficient (Wildman–Crippen LogP) is 2.96. The Kier molecular flexibility index (Phi) is 5.33. The number of rotatable bonds is 5. The van der Waals surface area contributed by atoms with Crippen LogP contribution in [-0.4, -0.2) is 20.4 Å². The van der Waals surface area contributed by atoms with E-state index in [-0.39, 0.29) is 5.63 Å². The molecule has 4 rings (SSSR count). The molecule has 1 aliphatic rings. The van der Waals surface area contributed by atoms with E-state index in [9.17, 15) is 4.79 Å². The van der Waals surface area contributed by atoms with E-state index < -0.39 is 0 Å². The minimum absolute atomic E-state index is 0.236. The summed E-state index contributed by atoms with van der Waals surface area (Å²) in [5.41, 5.74) is 5.51. The van der Waals surface area contributed by atoms with Gasteiger partial charge in [-0.05, 0) is 43.5 Å². The molecule has 2 aromatic carbocycles. The van der Waals surface area contributed by atoms with Crippen molar-refractivity contribution in [2.45, 2.75) is 40.2 Å². The highest BCUT2D eigenvalue weighted by atomic mass is 16.5. The van der Waals surface area contributed by atoms with Gasteiger partial charge < -0.3 is 13.9 Å². The first-order valence-corrected chi connectivity index (χ1v) is 10.2. The van der Waals surface area contributed by atoms with Crippen molar-refractivity contribution < 1.29 is 18.8 Å². The van der Waals surface area contributed by atoms with Gasteiger partial charge in [-0.1, -0.05) is 25.1 Å². The van der Waals surface area contributed by atoms with Crippen molar-refractivity contribution in [3.8, 4) is 11.5 Å². The lowest BCUT2D eigenvalue weighted by Gasteiger charge is -2.28. The van der Waals surface area contributed by atoms with Gasteiger partial charge in [0.2, 0.25) is 6.73 Å². The molecule has 2 heterocycles. The number of nitrogens with one attached hydrogen (secondary N) is 1. The van der Waals surface area contributed by atoms with Crippen LogP contribution in [0.3, 0.4) is 0 Å². The molecule has 0 amide bonds. The van der Waals surface area contributed by atoms with Crippen LogP contribution >= 0.6 is 0 Å². The van der Waals surface area contributed by atoms with Crippen LogP contribution in [0.15, 0.2) is 39.5 Å². The molecule has 1 N–H and O–H groups in total. The predicted molar refractivity (Wildman–Crippen MR) is 113 cm³/mol. The maximum atomic E-state index is 12.3. The molecule has 0 radical (unpaired) electrons. The molecule has 0 aliphatic carbocycles. The second-order valence-electron chi connectivity index (χ2n) is 7.74. The summed E-state index contributed by atoms with van der Waals surface area (Å²) in [6.45, 7) is 8.43. The van der Waals surface area contributed by atoms with Gasteiger partial charge in [0.25, 0.3) is 0 Å². The van der Waals surface area contributed by atoms with Crippen molar-refractivity contribution in [3.63, 3.8) is 0 Å². The van der Waals surface area contributed by atoms with E-state index in [2.05, 4.69) is 12.1 Å². The van der Waals surface area contributed by atoms with Gasteiger partial charge in [-0.3, -0.25) is 4.90 Å². The Labute approximate surface area is 170 Å². The third-order valence-corrected chi connectivity index (χ3v) is 5.99. The average molecular weight is 394 g/mol. The first-order chi connectivity index (χ1) is 14.0. The maximum absolute atomic E-state index is 12.3. The van der Waals surface area contributed by atoms with E-state index in [1.807, 2.05) is 39.0 Å². The Morgan fingerprint density at radius 3 is 2.72 bits per heavy atom. The number of fused-ring (bicyclic) bond motifs is 2. The largest absolute Gasteiger partial charge is 0.496 e. The molecular weight excluding hydrogens is 366 g/mol. The van der Waals surface area contributed by atoms with Crippen LogP contribution in [0, 0.1) is 13.8 Å². The van der Waals surface area contributed by atoms with Crippen LogP contribution in [0.4, 0.5) is 0 Å². The second-order valence-corrected chi connectivity index (χ2v) is 7.74. The SMILES string of the molecule is CCc1c(C)c2cc3c(c(C)c2oc1=O)OC[NH+](CCc1ccccc1OC)C3. The van der Waals surface area contributed by atoms with Crippen LogP contribution in [0.1, 0.15) is 34.7 Å². The van der Waals surface area contributed by atoms with Crippen LogP contribution in [0.5, 0.6) is 11.5 Å². The molecule has 0 spiro atoms. The van der Waals surface area contributed by atoms with E-state index in [1.165, 1.54) is 16.0 Å². The van der Waals surface area contributed by atoms with Gasteiger partial charge in [0.15, 0.2) is 0 Å². The molecule has 29 heavy (non-hydrogen) atoms. The van der Waals surface area contributed by atoms with E-state index in [0.29, 0.717) is 18.7 Å². The van der Waals surface area contributed by atoms with Gasteiger partial charge in [0.05, 0.1) is 13.7 Å². The van der Waals surface area contributed by atoms with Crippen LogP contribution < -0.4 is 20.0 Å². The summed E-state index contributed by atoms with van der Waals surface area (Å²) >= 11 is 0. The first kappa shape index (κ1) is 19.5. The molecule has 1 unspecified atom stereocenters. The average Bonchev–Trinajstić information content (AvgIpc) is 2.74. The quantitative estimate of drug-likeness (QED) is 0.676. The fourth-order valence-electron chi connectivity index (χ4n) is 4.35. The van der Waals surface area contributed by atoms with Crippen molar-refractivity contribution in [1.82, 2.24) is 0 Å². The highest BCUT2D eigenvalue weighted by molar-refractivity contribution is 5.87. The fourth-order valence-corrected chi connectivity index (χ4v) is 4.35. The summed E-state index contributed by atoms with van der Waals surface area (Å²) in [5, 5.41) is 1.02. The zero-order chi connectivity index (χ0) is 20.5. The van der Waals surface area contributed by atoms with Crippen molar-refractivity contribution in [1.29, 1.82) is 0 Å². The number of ether oxygens (including phenoxy) is 2. The zero-order valence-corrected chi connectivity index (χ0v) is 17.6. The van der Waals surface area contributed by atoms with Crippen molar-refractivity contribution in [2.75, 3.05) is 20.4 Å². The zero-order valence-electron chi connectivity index (χ0n) is 17.6. The Bertz CT molecular complexity index is 1120. The van der Waals surface area contributed by atoms with Crippen LogP contribution in [0.25, 0.3) is 11.0 Å². The topological polar surface area (TPSA) is 53.1 Å². The highest BCUT2D eigenvalue weighted by Gasteiger charge is 2.25. The molecule has 5 nitrogen and oxygen atoms in total. The lowest BCUT2D eigenvalue weighted by molar-refractivity contribution is -0.932. The van der Waals surface area contributed by atoms with E-state index in [0.717, 1.165) is 53.1 Å². The number of quaternary nitrogens is 1. The molecule has 1 atom stereocenters. The summed E-state index contributed by atoms with van der Waals surface area (Å²) in [5.74, 6) is 1.80. The summed E-state index contributed by atoms with van der Waals surface area (Å²) in [4.78, 5) is 13.7. The third kappa shape index (κ3) is 3.51. The van der Waals surface area contributed by atoms with Crippen molar-refractivity contribution in [3.05, 3.63) is 68.6 Å². The Balaban J connectivity index is 1.62. The molecule has 0 bridgehead atoms. The summed E-state index contributed by atoms with van der Waals surface area (Å²) in [7, 11) is 1.71. The van der Waals surface area contributed by atoms with E-state index >= 15 is 0 Å². The molecule has 152 valence electrons. The number of methoxy groups -OCH3 is 1. The number of hydrogen-bond acceptors (Lipinski definition) is 4. The number of para-hydroxylation sites is 1. The summed E-state index contributed by atoms with van der Waals surface area (Å²) < 4.78 is 17.3. The Morgan fingerprint density at radius 2 is 1.97 bits per heavy atom. The molecule has 0 saturated heterocycles. The smallest absolute Gasteiger partial charge is 0.339 e. The van der Waals surface area contributed by atoms with E-state index in [1.54, 1.807) is 7.11 Å². The van der Waals surface area contributed by atoms with Gasteiger partial charge in [0.1, 0.15) is 23.6 Å². The molecule has 1 aromatic heterocycles. The normalized spacial score (nSPS) is 15.8. The fraction of sp³-hybridized carbons (Fsp3) is 0.375. The van der Waals surface area contributed by atoms with Crippen LogP contribution in [-0.2, 0) is 19.4 Å². The second kappa shape index (κ2) is 7.91. The van der Waals surface area contributed by atoms with E-state index in [4.69, 9.17) is 13.9 Å². The van der Waals surface area contributed by atoms with Crippen molar-refractivity contribution in [2.24, 2.45) is 0 Å². The Morgan fingerprint density at radius 1 is 1.17 bits per heavy atom. The molecule has 0 saturated carbocycles.